The van der Waals surface area contributed by atoms with Crippen LogP contribution in [0.15, 0.2) is 48.5 Å². The Morgan fingerprint density at radius 1 is 1.14 bits per heavy atom. The van der Waals surface area contributed by atoms with Gasteiger partial charge in [-0.1, -0.05) is 37.1 Å². The highest BCUT2D eigenvalue weighted by Crippen LogP contribution is 2.32. The van der Waals surface area contributed by atoms with Crippen LogP contribution in [0.25, 0.3) is 10.2 Å². The van der Waals surface area contributed by atoms with E-state index in [1.54, 1.807) is 18.4 Å². The van der Waals surface area contributed by atoms with Crippen molar-refractivity contribution >= 4 is 27.5 Å². The molecular formula is C23H26N2O2S. The molecule has 0 N–H and O–H groups in total. The molecule has 1 aliphatic heterocycles. The van der Waals surface area contributed by atoms with Crippen molar-refractivity contribution in [3.63, 3.8) is 0 Å². The number of methoxy groups -OCH3 is 1. The third-order valence-electron chi connectivity index (χ3n) is 5.46. The first-order chi connectivity index (χ1) is 13.7. The number of likely N-dealkylation sites (tertiary alicyclic amines) is 1. The van der Waals surface area contributed by atoms with Crippen LogP contribution in [0.2, 0.25) is 0 Å². The SMILES string of the molecule is COc1ccc(C2CCCCCN2C(=O)CCc2nc3ccccc3s2)cc1. The first kappa shape index (κ1) is 18.9. The average molecular weight is 395 g/mol. The zero-order valence-corrected chi connectivity index (χ0v) is 17.1. The maximum absolute atomic E-state index is 13.1. The van der Waals surface area contributed by atoms with Crippen LogP contribution in [0.1, 0.15) is 48.7 Å². The molecule has 1 amide bonds. The summed E-state index contributed by atoms with van der Waals surface area (Å²) in [6.07, 6.45) is 5.70. The zero-order chi connectivity index (χ0) is 19.3. The number of benzene rings is 2. The summed E-state index contributed by atoms with van der Waals surface area (Å²) in [6.45, 7) is 0.843. The highest BCUT2D eigenvalue weighted by Gasteiger charge is 2.26. The first-order valence-corrected chi connectivity index (χ1v) is 10.8. The van der Waals surface area contributed by atoms with Crippen molar-refractivity contribution in [3.8, 4) is 5.75 Å². The van der Waals surface area contributed by atoms with E-state index in [2.05, 4.69) is 28.1 Å². The molecule has 0 spiro atoms. The van der Waals surface area contributed by atoms with Gasteiger partial charge in [-0.3, -0.25) is 4.79 Å². The van der Waals surface area contributed by atoms with Gasteiger partial charge in [-0.25, -0.2) is 4.98 Å². The molecule has 28 heavy (non-hydrogen) atoms. The Labute approximate surface area is 170 Å². The molecule has 1 saturated heterocycles. The Bertz CT molecular complexity index is 902. The minimum absolute atomic E-state index is 0.163. The predicted molar refractivity (Wildman–Crippen MR) is 114 cm³/mol. The van der Waals surface area contributed by atoms with Crippen LogP contribution in [0.4, 0.5) is 0 Å². The molecule has 4 rings (SSSR count). The summed E-state index contributed by atoms with van der Waals surface area (Å²) in [6, 6.07) is 16.5. The Morgan fingerprint density at radius 2 is 1.96 bits per heavy atom. The van der Waals surface area contributed by atoms with Gasteiger partial charge in [-0.05, 0) is 42.7 Å². The zero-order valence-electron chi connectivity index (χ0n) is 16.3. The molecule has 2 aromatic carbocycles. The van der Waals surface area contributed by atoms with Gasteiger partial charge in [0.2, 0.25) is 5.91 Å². The number of aromatic nitrogens is 1. The summed E-state index contributed by atoms with van der Waals surface area (Å²) in [5, 5.41) is 1.05. The number of rotatable bonds is 5. The molecule has 0 bridgehead atoms. The summed E-state index contributed by atoms with van der Waals surface area (Å²) in [7, 11) is 1.68. The predicted octanol–water partition coefficient (Wildman–Crippen LogP) is 5.38. The quantitative estimate of drug-likeness (QED) is 0.583. The number of para-hydroxylation sites is 1. The van der Waals surface area contributed by atoms with Crippen LogP contribution in [0.5, 0.6) is 5.75 Å². The van der Waals surface area contributed by atoms with E-state index in [1.165, 1.54) is 23.1 Å². The van der Waals surface area contributed by atoms with Gasteiger partial charge in [0.15, 0.2) is 0 Å². The van der Waals surface area contributed by atoms with Gasteiger partial charge in [-0.2, -0.15) is 0 Å². The van der Waals surface area contributed by atoms with E-state index in [0.717, 1.165) is 35.7 Å². The highest BCUT2D eigenvalue weighted by atomic mass is 32.1. The Morgan fingerprint density at radius 3 is 2.75 bits per heavy atom. The van der Waals surface area contributed by atoms with Crippen molar-refractivity contribution in [3.05, 3.63) is 59.1 Å². The topological polar surface area (TPSA) is 42.4 Å². The molecule has 1 atom stereocenters. The average Bonchev–Trinajstić information content (AvgIpc) is 2.99. The second-order valence-electron chi connectivity index (χ2n) is 7.30. The third-order valence-corrected chi connectivity index (χ3v) is 6.56. The Kier molecular flexibility index (Phi) is 5.91. The van der Waals surface area contributed by atoms with Crippen molar-refractivity contribution in [2.45, 2.75) is 44.6 Å². The lowest BCUT2D eigenvalue weighted by Gasteiger charge is -2.30. The minimum Gasteiger partial charge on any atom is -0.497 e. The van der Waals surface area contributed by atoms with Gasteiger partial charge in [0.1, 0.15) is 5.75 Å². The molecular weight excluding hydrogens is 368 g/mol. The number of thiazole rings is 1. The molecule has 3 aromatic rings. The molecule has 0 aliphatic carbocycles. The molecule has 146 valence electrons. The van der Waals surface area contributed by atoms with E-state index in [-0.39, 0.29) is 11.9 Å². The maximum Gasteiger partial charge on any atom is 0.223 e. The fourth-order valence-electron chi connectivity index (χ4n) is 3.96. The molecule has 4 nitrogen and oxygen atoms in total. The highest BCUT2D eigenvalue weighted by molar-refractivity contribution is 7.18. The molecule has 1 unspecified atom stereocenters. The van der Waals surface area contributed by atoms with Crippen LogP contribution in [-0.4, -0.2) is 29.4 Å². The summed E-state index contributed by atoms with van der Waals surface area (Å²) >= 11 is 1.70. The van der Waals surface area contributed by atoms with Gasteiger partial charge in [0.05, 0.1) is 28.4 Å². The number of amides is 1. The van der Waals surface area contributed by atoms with Crippen molar-refractivity contribution < 1.29 is 9.53 Å². The fraction of sp³-hybridized carbons (Fsp3) is 0.391. The summed E-state index contributed by atoms with van der Waals surface area (Å²) in [5.74, 6) is 1.09. The lowest BCUT2D eigenvalue weighted by molar-refractivity contribution is -0.133. The Hall–Kier alpha value is -2.40. The number of aryl methyl sites for hydroxylation is 1. The van der Waals surface area contributed by atoms with E-state index in [9.17, 15) is 4.79 Å². The summed E-state index contributed by atoms with van der Waals surface area (Å²) in [4.78, 5) is 19.9. The van der Waals surface area contributed by atoms with Crippen LogP contribution >= 0.6 is 11.3 Å². The minimum atomic E-state index is 0.163. The van der Waals surface area contributed by atoms with E-state index in [1.807, 2.05) is 30.3 Å². The van der Waals surface area contributed by atoms with Gasteiger partial charge < -0.3 is 9.64 Å². The van der Waals surface area contributed by atoms with E-state index < -0.39 is 0 Å². The van der Waals surface area contributed by atoms with Crippen LogP contribution in [-0.2, 0) is 11.2 Å². The monoisotopic (exact) mass is 394 g/mol. The van der Waals surface area contributed by atoms with Crippen molar-refractivity contribution in [1.82, 2.24) is 9.88 Å². The standard InChI is InChI=1S/C23H26N2O2S/c1-27-18-12-10-17(11-13-18)20-8-3-2-6-16-25(20)23(26)15-14-22-24-19-7-4-5-9-21(19)28-22/h4-5,7,9-13,20H,2-3,6,8,14-16H2,1H3. The first-order valence-electron chi connectivity index (χ1n) is 10.0. The fourth-order valence-corrected chi connectivity index (χ4v) is 4.93. The number of carbonyl (C=O) groups excluding carboxylic acids is 1. The number of hydrogen-bond donors (Lipinski definition) is 0. The van der Waals surface area contributed by atoms with Crippen LogP contribution in [0, 0.1) is 0 Å². The van der Waals surface area contributed by atoms with Gasteiger partial charge in [-0.15, -0.1) is 11.3 Å². The van der Waals surface area contributed by atoms with E-state index in [4.69, 9.17) is 4.74 Å². The van der Waals surface area contributed by atoms with Gasteiger partial charge >= 0.3 is 0 Å². The summed E-state index contributed by atoms with van der Waals surface area (Å²) in [5.41, 5.74) is 2.23. The maximum atomic E-state index is 13.1. The number of hydrogen-bond acceptors (Lipinski definition) is 4. The second kappa shape index (κ2) is 8.74. The molecule has 1 aromatic heterocycles. The van der Waals surface area contributed by atoms with Crippen molar-refractivity contribution in [2.75, 3.05) is 13.7 Å². The molecule has 1 fully saturated rings. The van der Waals surface area contributed by atoms with E-state index >= 15 is 0 Å². The van der Waals surface area contributed by atoms with Gasteiger partial charge in [0.25, 0.3) is 0 Å². The molecule has 0 radical (unpaired) electrons. The van der Waals surface area contributed by atoms with E-state index in [0.29, 0.717) is 12.8 Å². The Balaban J connectivity index is 1.47. The molecule has 5 heteroatoms. The largest absolute Gasteiger partial charge is 0.497 e. The number of nitrogens with zero attached hydrogens (tertiary/aromatic N) is 2. The molecule has 0 saturated carbocycles. The van der Waals surface area contributed by atoms with Crippen LogP contribution in [0.3, 0.4) is 0 Å². The number of carbonyl (C=O) groups is 1. The number of fused-ring (bicyclic) bond motifs is 1. The molecule has 1 aliphatic rings. The summed E-state index contributed by atoms with van der Waals surface area (Å²) < 4.78 is 6.47. The van der Waals surface area contributed by atoms with Crippen molar-refractivity contribution in [1.29, 1.82) is 0 Å². The smallest absolute Gasteiger partial charge is 0.223 e. The van der Waals surface area contributed by atoms with Crippen LogP contribution < -0.4 is 4.74 Å². The second-order valence-corrected chi connectivity index (χ2v) is 8.42. The lowest BCUT2D eigenvalue weighted by atomic mass is 10.00. The van der Waals surface area contributed by atoms with Gasteiger partial charge in [0, 0.05) is 19.4 Å². The van der Waals surface area contributed by atoms with Crippen molar-refractivity contribution in [2.24, 2.45) is 0 Å². The number of ether oxygens (including phenoxy) is 1. The lowest BCUT2D eigenvalue weighted by Crippen LogP contribution is -2.35. The molecule has 2 heterocycles. The normalized spacial score (nSPS) is 17.5. The third kappa shape index (κ3) is 4.20.